The molecule has 0 amide bonds. The lowest BCUT2D eigenvalue weighted by molar-refractivity contribution is -0.121. The van der Waals surface area contributed by atoms with Crippen LogP contribution < -0.4 is 4.74 Å². The molecule has 0 unspecified atom stereocenters. The number of likely N-dealkylation sites (N-methyl/N-ethyl adjacent to an activating group) is 1. The van der Waals surface area contributed by atoms with Crippen molar-refractivity contribution in [3.63, 3.8) is 0 Å². The van der Waals surface area contributed by atoms with Gasteiger partial charge in [-0.15, -0.1) is 0 Å². The van der Waals surface area contributed by atoms with E-state index in [4.69, 9.17) is 4.74 Å². The zero-order valence-corrected chi connectivity index (χ0v) is 21.9. The van der Waals surface area contributed by atoms with Gasteiger partial charge in [0.2, 0.25) is 0 Å². The van der Waals surface area contributed by atoms with E-state index in [9.17, 15) is 9.90 Å². The maximum atomic E-state index is 12.2. The van der Waals surface area contributed by atoms with Gasteiger partial charge in [0, 0.05) is 18.9 Å². The zero-order chi connectivity index (χ0) is 23.6. The second-order valence-corrected chi connectivity index (χ2v) is 9.73. The summed E-state index contributed by atoms with van der Waals surface area (Å²) in [5.74, 6) is 1.08. The fourth-order valence-electron chi connectivity index (χ4n) is 3.43. The minimum atomic E-state index is 0.107. The minimum Gasteiger partial charge on any atom is -0.504 e. The number of hydrogen-bond acceptors (Lipinski definition) is 4. The van der Waals surface area contributed by atoms with Crippen LogP contribution in [0.1, 0.15) is 64.5 Å². The molecule has 0 heterocycles. The Morgan fingerprint density at radius 1 is 1.26 bits per heavy atom. The number of hydrogen-bond donors (Lipinski definition) is 1. The normalized spacial score (nSPS) is 12.7. The monoisotopic (exact) mass is 493 g/mol. The van der Waals surface area contributed by atoms with Crippen LogP contribution in [0.4, 0.5) is 0 Å². The van der Waals surface area contributed by atoms with Gasteiger partial charge in [-0.05, 0) is 100 Å². The number of rotatable bonds is 13. The topological polar surface area (TPSA) is 49.8 Å². The van der Waals surface area contributed by atoms with Crippen LogP contribution in [-0.2, 0) is 17.6 Å². The van der Waals surface area contributed by atoms with Crippen LogP contribution >= 0.6 is 15.9 Å². The Bertz CT molecular complexity index is 792. The Hall–Kier alpha value is -1.59. The summed E-state index contributed by atoms with van der Waals surface area (Å²) >= 11 is 3.63. The number of ether oxygens (including phenoxy) is 1. The third kappa shape index (κ3) is 9.61. The minimum absolute atomic E-state index is 0.107. The molecule has 0 aliphatic rings. The number of methoxy groups -OCH3 is 1. The van der Waals surface area contributed by atoms with Gasteiger partial charge in [0.15, 0.2) is 11.5 Å². The number of allylic oxidation sites excluding steroid dienone is 4. The molecule has 0 saturated carbocycles. The first kappa shape index (κ1) is 27.4. The number of benzene rings is 1. The van der Waals surface area contributed by atoms with Crippen LogP contribution in [0.15, 0.2) is 33.8 Å². The van der Waals surface area contributed by atoms with Crippen LogP contribution in [0.5, 0.6) is 11.5 Å². The molecule has 0 radical (unpaired) electrons. The van der Waals surface area contributed by atoms with Crippen LogP contribution in [0.3, 0.4) is 0 Å². The Balaban J connectivity index is 2.76. The highest BCUT2D eigenvalue weighted by Gasteiger charge is 2.17. The Morgan fingerprint density at radius 3 is 2.52 bits per heavy atom. The first-order chi connectivity index (χ1) is 14.6. The summed E-state index contributed by atoms with van der Waals surface area (Å²) in [5.41, 5.74) is 4.79. The van der Waals surface area contributed by atoms with Crippen LogP contribution in [-0.4, -0.2) is 43.5 Å². The molecular formula is C26H40BrNO3. The molecule has 1 rings (SSSR count). The van der Waals surface area contributed by atoms with Gasteiger partial charge in [0.1, 0.15) is 5.78 Å². The smallest absolute Gasteiger partial charge is 0.174 e. The van der Waals surface area contributed by atoms with Gasteiger partial charge in [-0.2, -0.15) is 0 Å². The number of nitrogens with zero attached hydrogens (tertiary/aromatic N) is 1. The van der Waals surface area contributed by atoms with E-state index in [2.05, 4.69) is 47.9 Å². The Morgan fingerprint density at radius 2 is 1.94 bits per heavy atom. The van der Waals surface area contributed by atoms with Crippen molar-refractivity contribution in [2.24, 2.45) is 5.92 Å². The lowest BCUT2D eigenvalue weighted by Gasteiger charge is -2.17. The maximum Gasteiger partial charge on any atom is 0.174 e. The third-order valence-corrected chi connectivity index (χ3v) is 6.39. The fourth-order valence-corrected chi connectivity index (χ4v) is 4.25. The van der Waals surface area contributed by atoms with Crippen molar-refractivity contribution in [3.8, 4) is 11.5 Å². The molecule has 1 aromatic carbocycles. The first-order valence-electron chi connectivity index (χ1n) is 11.1. The summed E-state index contributed by atoms with van der Waals surface area (Å²) < 4.78 is 6.21. The van der Waals surface area contributed by atoms with Gasteiger partial charge < -0.3 is 14.7 Å². The number of halogens is 1. The van der Waals surface area contributed by atoms with Crippen molar-refractivity contribution in [2.75, 3.05) is 27.7 Å². The van der Waals surface area contributed by atoms with Crippen molar-refractivity contribution >= 4 is 21.7 Å². The number of carbonyl (C=O) groups excluding carboxylic acids is 1. The standard InChI is InChI=1S/C26H40BrNO3/c1-18(2)11-14-23(29)20(4)10-8-9-19(3)12-13-21-17-24(30)26(31-7)25(27)22(21)15-16-28(5)6/h11-12,17,20,30H,8-10,13-16H2,1-7H3/b19-12+/t20-/m1/s1. The van der Waals surface area contributed by atoms with Gasteiger partial charge in [0.25, 0.3) is 0 Å². The summed E-state index contributed by atoms with van der Waals surface area (Å²) in [6, 6.07) is 1.82. The van der Waals surface area contributed by atoms with Gasteiger partial charge in [0.05, 0.1) is 11.6 Å². The summed E-state index contributed by atoms with van der Waals surface area (Å²) in [5, 5.41) is 10.3. The van der Waals surface area contributed by atoms with Crippen LogP contribution in [0, 0.1) is 5.92 Å². The molecule has 0 aliphatic carbocycles. The molecule has 1 N–H and O–H groups in total. The molecule has 0 aromatic heterocycles. The number of phenolic OH excluding ortho intramolecular Hbond substituents is 1. The Kier molecular flexibility index (Phi) is 12.2. The average molecular weight is 495 g/mol. The second kappa shape index (κ2) is 13.7. The van der Waals surface area contributed by atoms with Gasteiger partial charge in [-0.3, -0.25) is 4.79 Å². The molecule has 0 fully saturated rings. The van der Waals surface area contributed by atoms with Crippen molar-refractivity contribution in [1.82, 2.24) is 4.90 Å². The van der Waals surface area contributed by atoms with E-state index in [1.54, 1.807) is 7.11 Å². The number of Topliss-reactive ketones (excluding diaryl/α,β-unsaturated/α-hetero) is 1. The summed E-state index contributed by atoms with van der Waals surface area (Å²) in [7, 11) is 5.69. The highest BCUT2D eigenvalue weighted by atomic mass is 79.9. The lowest BCUT2D eigenvalue weighted by atomic mass is 9.94. The van der Waals surface area contributed by atoms with Crippen LogP contribution in [0.2, 0.25) is 0 Å². The molecule has 0 spiro atoms. The van der Waals surface area contributed by atoms with Crippen molar-refractivity contribution in [3.05, 3.63) is 45.0 Å². The molecule has 0 saturated heterocycles. The molecule has 0 bridgehead atoms. The quantitative estimate of drug-likeness (QED) is 0.319. The molecule has 1 atom stereocenters. The summed E-state index contributed by atoms with van der Waals surface area (Å²) in [6.45, 7) is 9.15. The second-order valence-electron chi connectivity index (χ2n) is 8.93. The highest BCUT2D eigenvalue weighted by molar-refractivity contribution is 9.10. The van der Waals surface area contributed by atoms with E-state index in [1.807, 2.05) is 32.9 Å². The predicted molar refractivity (Wildman–Crippen MR) is 134 cm³/mol. The van der Waals surface area contributed by atoms with Gasteiger partial charge in [-0.1, -0.05) is 30.2 Å². The highest BCUT2D eigenvalue weighted by Crippen LogP contribution is 2.39. The van der Waals surface area contributed by atoms with Gasteiger partial charge >= 0.3 is 0 Å². The predicted octanol–water partition coefficient (Wildman–Crippen LogP) is 6.49. The maximum absolute atomic E-state index is 12.2. The third-order valence-electron chi connectivity index (χ3n) is 5.55. The first-order valence-corrected chi connectivity index (χ1v) is 11.9. The molecule has 174 valence electrons. The number of carbonyl (C=O) groups is 1. The SMILES string of the molecule is COc1c(O)cc(C/C=C(\C)CCC[C@@H](C)C(=O)CC=C(C)C)c(CCN(C)C)c1Br. The summed E-state index contributed by atoms with van der Waals surface area (Å²) in [4.78, 5) is 14.3. The Labute approximate surface area is 197 Å². The molecular weight excluding hydrogens is 454 g/mol. The van der Waals surface area contributed by atoms with E-state index in [-0.39, 0.29) is 11.7 Å². The molecule has 1 aromatic rings. The van der Waals surface area contributed by atoms with Gasteiger partial charge in [-0.25, -0.2) is 0 Å². The number of phenols is 1. The molecule has 0 aliphatic heterocycles. The van der Waals surface area contributed by atoms with E-state index in [0.717, 1.165) is 48.7 Å². The van der Waals surface area contributed by atoms with Crippen molar-refractivity contribution in [2.45, 2.75) is 66.2 Å². The van der Waals surface area contributed by atoms with E-state index in [0.29, 0.717) is 18.0 Å². The molecule has 4 nitrogen and oxygen atoms in total. The average Bonchev–Trinajstić information content (AvgIpc) is 2.69. The molecule has 31 heavy (non-hydrogen) atoms. The number of aromatic hydroxyl groups is 1. The lowest BCUT2D eigenvalue weighted by Crippen LogP contribution is -2.16. The number of ketones is 1. The van der Waals surface area contributed by atoms with Crippen molar-refractivity contribution < 1.29 is 14.6 Å². The fraction of sp³-hybridized carbons (Fsp3) is 0.577. The van der Waals surface area contributed by atoms with Crippen LogP contribution in [0.25, 0.3) is 0 Å². The van der Waals surface area contributed by atoms with E-state index >= 15 is 0 Å². The molecule has 5 heteroatoms. The zero-order valence-electron chi connectivity index (χ0n) is 20.3. The van der Waals surface area contributed by atoms with Crippen molar-refractivity contribution in [1.29, 1.82) is 0 Å². The largest absolute Gasteiger partial charge is 0.504 e. The van der Waals surface area contributed by atoms with E-state index in [1.165, 1.54) is 16.7 Å². The van der Waals surface area contributed by atoms with E-state index < -0.39 is 0 Å². The summed E-state index contributed by atoms with van der Waals surface area (Å²) in [6.07, 6.45) is 9.35.